The predicted molar refractivity (Wildman–Crippen MR) is 55.5 cm³/mol. The Balaban J connectivity index is 2.13. The summed E-state index contributed by atoms with van der Waals surface area (Å²) in [6, 6.07) is 5.27. The fourth-order valence-corrected chi connectivity index (χ4v) is 1.17. The summed E-state index contributed by atoms with van der Waals surface area (Å²) in [6.07, 6.45) is 3.18. The Morgan fingerprint density at radius 3 is 2.93 bits per heavy atom. The van der Waals surface area contributed by atoms with Gasteiger partial charge < -0.3 is 5.32 Å². The van der Waals surface area contributed by atoms with Crippen LogP contribution in [0.5, 0.6) is 0 Å². The van der Waals surface area contributed by atoms with E-state index in [1.807, 2.05) is 13.0 Å². The Bertz CT molecular complexity index is 464. The van der Waals surface area contributed by atoms with Crippen molar-refractivity contribution in [3.05, 3.63) is 41.9 Å². The third kappa shape index (κ3) is 2.19. The molecule has 0 aliphatic heterocycles. The highest BCUT2D eigenvalue weighted by Crippen LogP contribution is 2.06. The summed E-state index contributed by atoms with van der Waals surface area (Å²) < 4.78 is 0. The van der Waals surface area contributed by atoms with Gasteiger partial charge in [-0.3, -0.25) is 9.89 Å². The average molecular weight is 202 g/mol. The predicted octanol–water partition coefficient (Wildman–Crippen LogP) is 1.37. The Hall–Kier alpha value is -2.17. The SMILES string of the molecule is Cc1ccnc(NC(=O)c2ccn[nH]2)c1. The summed E-state index contributed by atoms with van der Waals surface area (Å²) in [5.41, 5.74) is 1.46. The number of hydrogen-bond donors (Lipinski definition) is 2. The van der Waals surface area contributed by atoms with E-state index >= 15 is 0 Å². The summed E-state index contributed by atoms with van der Waals surface area (Å²) in [5, 5.41) is 8.94. The molecule has 0 bridgehead atoms. The van der Waals surface area contributed by atoms with Crippen molar-refractivity contribution in [2.24, 2.45) is 0 Å². The zero-order valence-corrected chi connectivity index (χ0v) is 8.19. The van der Waals surface area contributed by atoms with Gasteiger partial charge in [-0.2, -0.15) is 5.10 Å². The van der Waals surface area contributed by atoms with Crippen molar-refractivity contribution in [3.63, 3.8) is 0 Å². The van der Waals surface area contributed by atoms with Crippen molar-refractivity contribution in [2.45, 2.75) is 6.92 Å². The zero-order chi connectivity index (χ0) is 10.7. The fraction of sp³-hybridized carbons (Fsp3) is 0.100. The number of carbonyl (C=O) groups is 1. The summed E-state index contributed by atoms with van der Waals surface area (Å²) >= 11 is 0. The van der Waals surface area contributed by atoms with Crippen molar-refractivity contribution in [1.29, 1.82) is 0 Å². The van der Waals surface area contributed by atoms with E-state index < -0.39 is 0 Å². The number of amides is 1. The molecule has 2 aromatic rings. The van der Waals surface area contributed by atoms with E-state index in [1.165, 1.54) is 6.20 Å². The number of aromatic nitrogens is 3. The quantitative estimate of drug-likeness (QED) is 0.772. The molecule has 0 saturated carbocycles. The molecular formula is C10H10N4O. The zero-order valence-electron chi connectivity index (χ0n) is 8.19. The van der Waals surface area contributed by atoms with Crippen molar-refractivity contribution in [2.75, 3.05) is 5.32 Å². The first kappa shape index (κ1) is 9.39. The molecule has 0 radical (unpaired) electrons. The van der Waals surface area contributed by atoms with Gasteiger partial charge in [-0.25, -0.2) is 4.98 Å². The lowest BCUT2D eigenvalue weighted by Crippen LogP contribution is -2.13. The molecule has 0 spiro atoms. The molecule has 1 amide bonds. The van der Waals surface area contributed by atoms with Gasteiger partial charge in [0.15, 0.2) is 0 Å². The topological polar surface area (TPSA) is 70.7 Å². The number of aromatic amines is 1. The summed E-state index contributed by atoms with van der Waals surface area (Å²) in [6.45, 7) is 1.94. The van der Waals surface area contributed by atoms with Gasteiger partial charge in [-0.15, -0.1) is 0 Å². The second-order valence-corrected chi connectivity index (χ2v) is 3.14. The minimum absolute atomic E-state index is 0.245. The second kappa shape index (κ2) is 3.91. The van der Waals surface area contributed by atoms with E-state index in [0.29, 0.717) is 11.5 Å². The molecule has 0 saturated heterocycles. The summed E-state index contributed by atoms with van der Waals surface area (Å²) in [7, 11) is 0. The van der Waals surface area contributed by atoms with Gasteiger partial charge in [0.1, 0.15) is 11.5 Å². The van der Waals surface area contributed by atoms with Crippen molar-refractivity contribution < 1.29 is 4.79 Å². The molecule has 76 valence electrons. The van der Waals surface area contributed by atoms with Gasteiger partial charge >= 0.3 is 0 Å². The number of nitrogens with one attached hydrogen (secondary N) is 2. The molecule has 2 heterocycles. The van der Waals surface area contributed by atoms with Crippen LogP contribution in [0.4, 0.5) is 5.82 Å². The third-order valence-corrected chi connectivity index (χ3v) is 1.90. The number of H-pyrrole nitrogens is 1. The molecule has 15 heavy (non-hydrogen) atoms. The first-order chi connectivity index (χ1) is 7.25. The van der Waals surface area contributed by atoms with E-state index in [-0.39, 0.29) is 5.91 Å². The number of rotatable bonds is 2. The van der Waals surface area contributed by atoms with Gasteiger partial charge in [-0.1, -0.05) is 0 Å². The second-order valence-electron chi connectivity index (χ2n) is 3.14. The fourth-order valence-electron chi connectivity index (χ4n) is 1.17. The van der Waals surface area contributed by atoms with Gasteiger partial charge in [0.05, 0.1) is 0 Å². The van der Waals surface area contributed by atoms with Crippen molar-refractivity contribution in [1.82, 2.24) is 15.2 Å². The first-order valence-electron chi connectivity index (χ1n) is 4.49. The van der Waals surface area contributed by atoms with Gasteiger partial charge in [0, 0.05) is 12.4 Å². The van der Waals surface area contributed by atoms with E-state index in [1.54, 1.807) is 18.3 Å². The molecule has 2 aromatic heterocycles. The monoisotopic (exact) mass is 202 g/mol. The van der Waals surface area contributed by atoms with Crippen LogP contribution >= 0.6 is 0 Å². The highest BCUT2D eigenvalue weighted by atomic mass is 16.2. The van der Waals surface area contributed by atoms with E-state index in [4.69, 9.17) is 0 Å². The molecule has 0 fully saturated rings. The van der Waals surface area contributed by atoms with Gasteiger partial charge in [0.2, 0.25) is 0 Å². The number of carbonyl (C=O) groups excluding carboxylic acids is 1. The van der Waals surface area contributed by atoms with Crippen LogP contribution in [0.2, 0.25) is 0 Å². The van der Waals surface area contributed by atoms with Crippen molar-refractivity contribution in [3.8, 4) is 0 Å². The molecule has 2 N–H and O–H groups in total. The molecular weight excluding hydrogens is 192 g/mol. The van der Waals surface area contributed by atoms with Gasteiger partial charge in [0.25, 0.3) is 5.91 Å². The first-order valence-corrected chi connectivity index (χ1v) is 4.49. The highest BCUT2D eigenvalue weighted by molar-refractivity contribution is 6.02. The summed E-state index contributed by atoms with van der Waals surface area (Å²) in [5.74, 6) is 0.292. The highest BCUT2D eigenvalue weighted by Gasteiger charge is 2.07. The van der Waals surface area contributed by atoms with Crippen molar-refractivity contribution >= 4 is 11.7 Å². The molecule has 0 aliphatic carbocycles. The molecule has 5 nitrogen and oxygen atoms in total. The van der Waals surface area contributed by atoms with E-state index in [9.17, 15) is 4.79 Å². The average Bonchev–Trinajstić information content (AvgIpc) is 2.70. The molecule has 0 atom stereocenters. The Morgan fingerprint density at radius 2 is 2.27 bits per heavy atom. The smallest absolute Gasteiger partial charge is 0.274 e. The minimum Gasteiger partial charge on any atom is -0.305 e. The molecule has 0 aliphatic rings. The number of hydrogen-bond acceptors (Lipinski definition) is 3. The van der Waals surface area contributed by atoms with Crippen LogP contribution in [0.15, 0.2) is 30.6 Å². The van der Waals surface area contributed by atoms with Crippen LogP contribution in [0.3, 0.4) is 0 Å². The lowest BCUT2D eigenvalue weighted by molar-refractivity contribution is 0.102. The van der Waals surface area contributed by atoms with Crippen LogP contribution in [-0.2, 0) is 0 Å². The lowest BCUT2D eigenvalue weighted by atomic mass is 10.3. The molecule has 0 unspecified atom stereocenters. The lowest BCUT2D eigenvalue weighted by Gasteiger charge is -2.02. The minimum atomic E-state index is -0.245. The maximum absolute atomic E-state index is 11.6. The normalized spacial score (nSPS) is 9.93. The molecule has 5 heteroatoms. The van der Waals surface area contributed by atoms with Crippen LogP contribution < -0.4 is 5.32 Å². The standard InChI is InChI=1S/C10H10N4O/c1-7-2-4-11-9(6-7)13-10(15)8-3-5-12-14-8/h2-6H,1H3,(H,12,14)(H,11,13,15). The number of anilines is 1. The van der Waals surface area contributed by atoms with E-state index in [2.05, 4.69) is 20.5 Å². The van der Waals surface area contributed by atoms with Crippen LogP contribution in [0.25, 0.3) is 0 Å². The van der Waals surface area contributed by atoms with Crippen LogP contribution in [0.1, 0.15) is 16.1 Å². The largest absolute Gasteiger partial charge is 0.305 e. The Morgan fingerprint density at radius 1 is 1.40 bits per heavy atom. The number of aryl methyl sites for hydroxylation is 1. The Labute approximate surface area is 86.5 Å². The number of pyridine rings is 1. The molecule has 2 rings (SSSR count). The van der Waals surface area contributed by atoms with Gasteiger partial charge in [-0.05, 0) is 30.7 Å². The maximum Gasteiger partial charge on any atom is 0.274 e. The van der Waals surface area contributed by atoms with Crippen LogP contribution in [-0.4, -0.2) is 21.1 Å². The third-order valence-electron chi connectivity index (χ3n) is 1.90. The maximum atomic E-state index is 11.6. The van der Waals surface area contributed by atoms with Crippen LogP contribution in [0, 0.1) is 6.92 Å². The van der Waals surface area contributed by atoms with E-state index in [0.717, 1.165) is 5.56 Å². The molecule has 0 aromatic carbocycles. The summed E-state index contributed by atoms with van der Waals surface area (Å²) in [4.78, 5) is 15.6. The Kier molecular flexibility index (Phi) is 2.45. The number of nitrogens with zero attached hydrogens (tertiary/aromatic N) is 2.